The number of anilines is 1. The van der Waals surface area contributed by atoms with Crippen LogP contribution in [0.3, 0.4) is 0 Å². The molecule has 3 aromatic carbocycles. The maximum atomic E-state index is 15.2. The van der Waals surface area contributed by atoms with Crippen molar-refractivity contribution in [2.45, 2.75) is 24.2 Å². The first-order valence-corrected chi connectivity index (χ1v) is 17.4. The van der Waals surface area contributed by atoms with Gasteiger partial charge in [0.1, 0.15) is 5.82 Å². The summed E-state index contributed by atoms with van der Waals surface area (Å²) in [5.74, 6) is -8.20. The number of hydrogen-bond donors (Lipinski definition) is 2. The molecule has 6 atom stereocenters. The summed E-state index contributed by atoms with van der Waals surface area (Å²) >= 11 is 13.4. The van der Waals surface area contributed by atoms with E-state index in [1.165, 1.54) is 31.4 Å². The van der Waals surface area contributed by atoms with Crippen LogP contribution in [-0.2, 0) is 29.3 Å². The maximum Gasteiger partial charge on any atom is 0.423 e. The quantitative estimate of drug-likeness (QED) is 0.219. The third kappa shape index (κ3) is 4.82. The maximum absolute atomic E-state index is 15.2. The first-order valence-electron chi connectivity index (χ1n) is 15.4. The van der Waals surface area contributed by atoms with E-state index in [1.54, 1.807) is 30.3 Å². The molecule has 50 heavy (non-hydrogen) atoms. The third-order valence-electron chi connectivity index (χ3n) is 10.3. The zero-order valence-electron chi connectivity index (χ0n) is 26.3. The lowest BCUT2D eigenvalue weighted by Crippen LogP contribution is -2.53. The van der Waals surface area contributed by atoms with Crippen LogP contribution in [0.1, 0.15) is 29.9 Å². The first kappa shape index (κ1) is 34.2. The Bertz CT molecular complexity index is 2030. The van der Waals surface area contributed by atoms with E-state index in [0.29, 0.717) is 31.1 Å². The molecule has 15 heteroatoms. The van der Waals surface area contributed by atoms with Crippen molar-refractivity contribution in [3.63, 3.8) is 0 Å². The number of nitrogens with one attached hydrogen (secondary N) is 1. The first-order chi connectivity index (χ1) is 23.9. The van der Waals surface area contributed by atoms with Crippen LogP contribution in [0.25, 0.3) is 0 Å². The fraction of sp³-hybridized carbons (Fsp3) is 0.286. The van der Waals surface area contributed by atoms with Crippen LogP contribution >= 0.6 is 43.5 Å². The van der Waals surface area contributed by atoms with Gasteiger partial charge in [-0.25, -0.2) is 9.18 Å². The molecule has 3 fully saturated rings. The van der Waals surface area contributed by atoms with Crippen molar-refractivity contribution in [1.82, 2.24) is 9.91 Å². The lowest BCUT2D eigenvalue weighted by atomic mass is 9.49. The molecule has 4 aliphatic rings. The van der Waals surface area contributed by atoms with E-state index in [4.69, 9.17) is 21.1 Å². The summed E-state index contributed by atoms with van der Waals surface area (Å²) in [6.45, 7) is 0. The zero-order chi connectivity index (χ0) is 35.8. The smallest absolute Gasteiger partial charge is 0.423 e. The molecule has 2 saturated heterocycles. The predicted octanol–water partition coefficient (Wildman–Crippen LogP) is 6.47. The second-order valence-corrected chi connectivity index (χ2v) is 14.5. The topological polar surface area (TPSA) is 143 Å². The van der Waals surface area contributed by atoms with E-state index in [2.05, 4.69) is 37.3 Å². The molecule has 2 aliphatic heterocycles. The number of allylic oxidation sites excluding steroid dienone is 2. The number of phenols is 1. The third-order valence-corrected chi connectivity index (χ3v) is 12.7. The number of carbonyl (C=O) groups is 5. The van der Waals surface area contributed by atoms with Crippen molar-refractivity contribution in [2.24, 2.45) is 23.7 Å². The van der Waals surface area contributed by atoms with Crippen LogP contribution in [0.5, 0.6) is 11.5 Å². The number of likely N-dealkylation sites (tertiary alicyclic amines) is 1. The van der Waals surface area contributed by atoms with Gasteiger partial charge in [0, 0.05) is 15.4 Å². The summed E-state index contributed by atoms with van der Waals surface area (Å²) in [6.07, 6.45) is 0.736. The minimum absolute atomic E-state index is 0.0413. The molecule has 2 heterocycles. The highest BCUT2D eigenvalue weighted by molar-refractivity contribution is 9.13. The van der Waals surface area contributed by atoms with Crippen molar-refractivity contribution in [1.29, 1.82) is 0 Å². The summed E-state index contributed by atoms with van der Waals surface area (Å²) in [7, 11) is 2.44. The molecule has 0 bridgehead atoms. The molecule has 3 aromatic rings. The summed E-state index contributed by atoms with van der Waals surface area (Å²) in [5.41, 5.74) is 2.94. The molecule has 0 radical (unpaired) electrons. The summed E-state index contributed by atoms with van der Waals surface area (Å²) in [6, 6.07) is 13.3. The molecule has 258 valence electrons. The Morgan fingerprint density at radius 3 is 2.30 bits per heavy atom. The van der Waals surface area contributed by atoms with Crippen molar-refractivity contribution >= 4 is 78.9 Å². The Balaban J connectivity index is 1.50. The average molecular weight is 832 g/mol. The number of aromatic hydroxyl groups is 1. The number of benzene rings is 3. The van der Waals surface area contributed by atoms with Crippen molar-refractivity contribution in [2.75, 3.05) is 19.6 Å². The summed E-state index contributed by atoms with van der Waals surface area (Å²) in [5, 5.41) is 12.2. The van der Waals surface area contributed by atoms with Gasteiger partial charge in [-0.15, -0.1) is 0 Å². The average Bonchev–Trinajstić information content (AvgIpc) is 3.49. The number of halogens is 4. The molecular weight excluding hydrogens is 805 g/mol. The van der Waals surface area contributed by atoms with Gasteiger partial charge in [0.15, 0.2) is 11.5 Å². The molecule has 2 aliphatic carbocycles. The molecule has 7 rings (SSSR count). The SMILES string of the molecule is COC(=O)N1C(=O)[C@H]2[C@H](CC=C3[C@H]2C[C@H]2C(=O)N(Nc4ccc(F)cc4)C(=O)[C@@]2(c2ccc(Cl)cc2)[C@H]3c2cc(OC)c(O)c(Br)c2Br)C1=O. The number of carbonyl (C=O) groups excluding carboxylic acids is 5. The van der Waals surface area contributed by atoms with Gasteiger partial charge in [-0.3, -0.25) is 24.6 Å². The highest BCUT2D eigenvalue weighted by Crippen LogP contribution is 2.65. The summed E-state index contributed by atoms with van der Waals surface area (Å²) in [4.78, 5) is 70.5. The minimum atomic E-state index is -1.68. The Morgan fingerprint density at radius 2 is 1.66 bits per heavy atom. The van der Waals surface area contributed by atoms with E-state index >= 15 is 4.79 Å². The van der Waals surface area contributed by atoms with Gasteiger partial charge in [-0.1, -0.05) is 35.4 Å². The van der Waals surface area contributed by atoms with Crippen molar-refractivity contribution in [3.05, 3.63) is 97.2 Å². The number of ether oxygens (including phenoxy) is 2. The molecule has 5 amide bonds. The molecular formula is C35H27Br2ClFN3O8. The minimum Gasteiger partial charge on any atom is -0.503 e. The van der Waals surface area contributed by atoms with Gasteiger partial charge in [0.25, 0.3) is 11.8 Å². The van der Waals surface area contributed by atoms with Crippen LogP contribution in [0.2, 0.25) is 5.02 Å². The molecule has 0 spiro atoms. The van der Waals surface area contributed by atoms with Gasteiger partial charge >= 0.3 is 6.09 Å². The Morgan fingerprint density at radius 1 is 0.980 bits per heavy atom. The summed E-state index contributed by atoms with van der Waals surface area (Å²) < 4.78 is 24.7. The molecule has 0 aromatic heterocycles. The molecule has 1 saturated carbocycles. The van der Waals surface area contributed by atoms with Gasteiger partial charge in [-0.05, 0) is 104 Å². The van der Waals surface area contributed by atoms with Gasteiger partial charge in [-0.2, -0.15) is 9.91 Å². The standard InChI is InChI=1S/C35H27Br2ClFN3O8/c1-49-24-14-22(27(36)28(37)29(24)43)26-19-11-12-20-25(32(46)41(30(20)44)34(48)50-2)21(19)13-23-31(45)42(40-18-9-7-17(39)8-10-18)33(47)35(23,26)15-3-5-16(38)6-4-15/h3-11,14,20-21,23,25-26,40,43H,12-13H2,1-2H3/t20-,21+,23-,25-,26+,35+/m0/s1. The number of fused-ring (bicyclic) bond motifs is 4. The number of hydrogen-bond acceptors (Lipinski definition) is 9. The monoisotopic (exact) mass is 829 g/mol. The van der Waals surface area contributed by atoms with Gasteiger partial charge in [0.2, 0.25) is 11.8 Å². The number of hydrazine groups is 1. The fourth-order valence-electron chi connectivity index (χ4n) is 8.25. The Hall–Kier alpha value is -4.27. The van der Waals surface area contributed by atoms with E-state index < -0.39 is 70.5 Å². The Kier molecular flexibility index (Phi) is 8.55. The number of nitrogens with zero attached hydrogens (tertiary/aromatic N) is 2. The predicted molar refractivity (Wildman–Crippen MR) is 183 cm³/mol. The number of amides is 5. The zero-order valence-corrected chi connectivity index (χ0v) is 30.2. The van der Waals surface area contributed by atoms with Crippen molar-refractivity contribution in [3.8, 4) is 11.5 Å². The highest BCUT2D eigenvalue weighted by atomic mass is 79.9. The fourth-order valence-corrected chi connectivity index (χ4v) is 9.33. The van der Waals surface area contributed by atoms with Crippen LogP contribution in [-0.4, -0.2) is 59.0 Å². The lowest BCUT2D eigenvalue weighted by molar-refractivity contribution is -0.140. The molecule has 0 unspecified atom stereocenters. The number of rotatable bonds is 5. The van der Waals surface area contributed by atoms with Gasteiger partial charge in [0.05, 0.1) is 47.5 Å². The Labute approximate surface area is 306 Å². The highest BCUT2D eigenvalue weighted by Gasteiger charge is 2.71. The second-order valence-electron chi connectivity index (χ2n) is 12.5. The lowest BCUT2D eigenvalue weighted by Gasteiger charge is -2.51. The van der Waals surface area contributed by atoms with Crippen LogP contribution in [0.4, 0.5) is 14.9 Å². The van der Waals surface area contributed by atoms with Crippen LogP contribution in [0.15, 0.2) is 75.2 Å². The molecule has 11 nitrogen and oxygen atoms in total. The van der Waals surface area contributed by atoms with E-state index in [-0.39, 0.29) is 34.5 Å². The largest absolute Gasteiger partial charge is 0.503 e. The van der Waals surface area contributed by atoms with E-state index in [1.807, 2.05) is 6.08 Å². The number of methoxy groups -OCH3 is 2. The number of phenolic OH excluding ortho intramolecular Hbond substituents is 1. The second kappa shape index (κ2) is 12.5. The van der Waals surface area contributed by atoms with Crippen LogP contribution in [0, 0.1) is 29.5 Å². The van der Waals surface area contributed by atoms with E-state index in [9.17, 15) is 28.7 Å². The van der Waals surface area contributed by atoms with E-state index in [0.717, 1.165) is 12.1 Å². The van der Waals surface area contributed by atoms with Gasteiger partial charge < -0.3 is 14.6 Å². The normalized spacial score (nSPS) is 27.1. The van der Waals surface area contributed by atoms with Crippen molar-refractivity contribution < 1.29 is 42.9 Å². The van der Waals surface area contributed by atoms with Crippen LogP contribution < -0.4 is 10.2 Å². The number of imide groups is 4. The molecule has 2 N–H and O–H groups in total.